The number of aliphatic carboxylic acids is 1. The molecule has 2 amide bonds. The highest BCUT2D eigenvalue weighted by Crippen LogP contribution is 2.44. The van der Waals surface area contributed by atoms with Crippen molar-refractivity contribution in [2.75, 3.05) is 25.2 Å². The van der Waals surface area contributed by atoms with Gasteiger partial charge in [-0.3, -0.25) is 4.79 Å². The van der Waals surface area contributed by atoms with Gasteiger partial charge in [0.2, 0.25) is 5.91 Å². The van der Waals surface area contributed by atoms with Crippen molar-refractivity contribution >= 4 is 29.7 Å². The number of nitrogens with one attached hydrogen (secondary N) is 1. The number of hydrogen-bond acceptors (Lipinski definition) is 5. The predicted molar refractivity (Wildman–Crippen MR) is 132 cm³/mol. The van der Waals surface area contributed by atoms with Gasteiger partial charge in [0, 0.05) is 12.5 Å². The number of hydrogen-bond donors (Lipinski definition) is 2. The van der Waals surface area contributed by atoms with Crippen LogP contribution in [0.3, 0.4) is 0 Å². The van der Waals surface area contributed by atoms with E-state index in [0.717, 1.165) is 22.3 Å². The van der Waals surface area contributed by atoms with Crippen LogP contribution in [0.25, 0.3) is 11.1 Å². The third kappa shape index (κ3) is 4.78. The molecule has 0 aromatic heterocycles. The zero-order valence-electron chi connectivity index (χ0n) is 19.4. The lowest BCUT2D eigenvalue weighted by Gasteiger charge is -2.28. The fourth-order valence-electron chi connectivity index (χ4n) is 5.05. The second-order valence-electron chi connectivity index (χ2n) is 8.88. The summed E-state index contributed by atoms with van der Waals surface area (Å²) in [5, 5.41) is 12.3. The first kappa shape index (κ1) is 24.1. The van der Waals surface area contributed by atoms with Gasteiger partial charge in [0.05, 0.1) is 0 Å². The maximum Gasteiger partial charge on any atom is 0.407 e. The number of nitrogens with zero attached hydrogens (tertiary/aromatic N) is 1. The molecule has 2 aromatic rings. The number of amides is 2. The first-order valence-corrected chi connectivity index (χ1v) is 13.0. The highest BCUT2D eigenvalue weighted by molar-refractivity contribution is 7.98. The Labute approximate surface area is 203 Å². The van der Waals surface area contributed by atoms with Crippen molar-refractivity contribution in [3.05, 3.63) is 59.7 Å². The first-order valence-electron chi connectivity index (χ1n) is 11.6. The average Bonchev–Trinajstić information content (AvgIpc) is 3.38. The molecule has 1 aliphatic heterocycles. The normalized spacial score (nSPS) is 19.9. The Morgan fingerprint density at radius 1 is 1.12 bits per heavy atom. The van der Waals surface area contributed by atoms with Gasteiger partial charge >= 0.3 is 12.1 Å². The highest BCUT2D eigenvalue weighted by Gasteiger charge is 2.42. The molecular formula is C26H30N2O5S. The third-order valence-electron chi connectivity index (χ3n) is 6.78. The van der Waals surface area contributed by atoms with Crippen LogP contribution >= 0.6 is 11.8 Å². The molecule has 180 valence electrons. The van der Waals surface area contributed by atoms with Crippen LogP contribution < -0.4 is 5.32 Å². The number of likely N-dealkylation sites (tertiary alicyclic amines) is 1. The van der Waals surface area contributed by atoms with Gasteiger partial charge in [-0.1, -0.05) is 55.5 Å². The molecule has 1 fully saturated rings. The van der Waals surface area contributed by atoms with E-state index in [2.05, 4.69) is 17.4 Å². The molecule has 0 spiro atoms. The Morgan fingerprint density at radius 3 is 2.32 bits per heavy atom. The number of ether oxygens (including phenoxy) is 1. The highest BCUT2D eigenvalue weighted by atomic mass is 32.2. The summed E-state index contributed by atoms with van der Waals surface area (Å²) in [5.41, 5.74) is 4.51. The largest absolute Gasteiger partial charge is 0.480 e. The summed E-state index contributed by atoms with van der Waals surface area (Å²) in [6.45, 7) is 2.36. The smallest absolute Gasteiger partial charge is 0.407 e. The molecule has 8 heteroatoms. The first-order chi connectivity index (χ1) is 16.4. The molecule has 3 atom stereocenters. The van der Waals surface area contributed by atoms with Gasteiger partial charge in [0.25, 0.3) is 0 Å². The number of alkyl carbamates (subject to hydrolysis) is 1. The topological polar surface area (TPSA) is 95.9 Å². The van der Waals surface area contributed by atoms with Crippen molar-refractivity contribution in [3.63, 3.8) is 0 Å². The quantitative estimate of drug-likeness (QED) is 0.591. The van der Waals surface area contributed by atoms with E-state index < -0.39 is 24.1 Å². The van der Waals surface area contributed by atoms with E-state index in [4.69, 9.17) is 4.74 Å². The lowest BCUT2D eigenvalue weighted by atomic mass is 9.98. The molecule has 3 unspecified atom stereocenters. The Bertz CT molecular complexity index is 1030. The van der Waals surface area contributed by atoms with Crippen LogP contribution in [-0.4, -0.2) is 65.2 Å². The minimum atomic E-state index is -1.01. The molecule has 1 aliphatic carbocycles. The Kier molecular flexibility index (Phi) is 7.46. The van der Waals surface area contributed by atoms with E-state index in [-0.39, 0.29) is 24.3 Å². The van der Waals surface area contributed by atoms with Crippen LogP contribution in [-0.2, 0) is 14.3 Å². The second-order valence-corrected chi connectivity index (χ2v) is 9.87. The lowest BCUT2D eigenvalue weighted by Crippen LogP contribution is -2.52. The molecule has 0 bridgehead atoms. The number of carbonyl (C=O) groups is 3. The van der Waals surface area contributed by atoms with Crippen LogP contribution in [0.15, 0.2) is 48.5 Å². The average molecular weight is 483 g/mol. The molecule has 1 saturated heterocycles. The third-order valence-corrected chi connectivity index (χ3v) is 7.42. The number of carboxylic acids is 1. The fraction of sp³-hybridized carbons (Fsp3) is 0.423. The van der Waals surface area contributed by atoms with Crippen LogP contribution in [0.2, 0.25) is 0 Å². The van der Waals surface area contributed by atoms with Crippen LogP contribution in [0.4, 0.5) is 4.79 Å². The standard InChI is InChI=1S/C26H30N2O5S/c1-16-11-13-28(23(16)25(30)31)24(29)22(12-14-34-2)27-26(32)33-15-21-19-9-5-3-7-17(19)18-8-4-6-10-20(18)21/h3-10,16,21-23H,11-15H2,1-2H3,(H,27,32)(H,30,31). The number of fused-ring (bicyclic) bond motifs is 3. The van der Waals surface area contributed by atoms with Gasteiger partial charge in [0.15, 0.2) is 0 Å². The number of carboxylic acid groups (broad SMARTS) is 1. The fourth-order valence-corrected chi connectivity index (χ4v) is 5.52. The lowest BCUT2D eigenvalue weighted by molar-refractivity contribution is -0.150. The van der Waals surface area contributed by atoms with Crippen molar-refractivity contribution < 1.29 is 24.2 Å². The SMILES string of the molecule is CSCCC(NC(=O)OCC1c2ccccc2-c2ccccc21)C(=O)N1CCC(C)C1C(=O)O. The van der Waals surface area contributed by atoms with Crippen molar-refractivity contribution in [3.8, 4) is 11.1 Å². The van der Waals surface area contributed by atoms with E-state index in [1.54, 1.807) is 11.8 Å². The van der Waals surface area contributed by atoms with Gasteiger partial charge in [-0.25, -0.2) is 9.59 Å². The summed E-state index contributed by atoms with van der Waals surface area (Å²) in [6, 6.07) is 14.5. The Hall–Kier alpha value is -3.00. The maximum absolute atomic E-state index is 13.2. The molecule has 0 radical (unpaired) electrons. The monoisotopic (exact) mass is 482 g/mol. The molecule has 2 N–H and O–H groups in total. The van der Waals surface area contributed by atoms with Gasteiger partial charge < -0.3 is 20.1 Å². The molecule has 7 nitrogen and oxygen atoms in total. The summed E-state index contributed by atoms with van der Waals surface area (Å²) in [6.07, 6.45) is 2.29. The number of thioether (sulfide) groups is 1. The molecule has 34 heavy (non-hydrogen) atoms. The van der Waals surface area contributed by atoms with E-state index in [0.29, 0.717) is 25.1 Å². The molecule has 4 rings (SSSR count). The van der Waals surface area contributed by atoms with Gasteiger partial charge in [-0.2, -0.15) is 11.8 Å². The summed E-state index contributed by atoms with van der Waals surface area (Å²) in [7, 11) is 0. The number of benzene rings is 2. The van der Waals surface area contributed by atoms with Gasteiger partial charge in [-0.15, -0.1) is 0 Å². The van der Waals surface area contributed by atoms with Crippen LogP contribution in [0, 0.1) is 5.92 Å². The molecule has 0 saturated carbocycles. The summed E-state index contributed by atoms with van der Waals surface area (Å²) < 4.78 is 5.61. The summed E-state index contributed by atoms with van der Waals surface area (Å²) >= 11 is 1.56. The minimum Gasteiger partial charge on any atom is -0.480 e. The number of rotatable bonds is 8. The zero-order chi connectivity index (χ0) is 24.2. The molecule has 2 aliphatic rings. The van der Waals surface area contributed by atoms with Crippen molar-refractivity contribution in [1.29, 1.82) is 0 Å². The van der Waals surface area contributed by atoms with Crippen molar-refractivity contribution in [1.82, 2.24) is 10.2 Å². The maximum atomic E-state index is 13.2. The van der Waals surface area contributed by atoms with Crippen LogP contribution in [0.5, 0.6) is 0 Å². The van der Waals surface area contributed by atoms with E-state index in [1.165, 1.54) is 4.90 Å². The van der Waals surface area contributed by atoms with Gasteiger partial charge in [-0.05, 0) is 53.0 Å². The Balaban J connectivity index is 1.44. The zero-order valence-corrected chi connectivity index (χ0v) is 20.2. The second kappa shape index (κ2) is 10.5. The summed E-state index contributed by atoms with van der Waals surface area (Å²) in [5.74, 6) is -0.921. The molecule has 2 aromatic carbocycles. The minimum absolute atomic E-state index is 0.0747. The predicted octanol–water partition coefficient (Wildman–Crippen LogP) is 3.97. The van der Waals surface area contributed by atoms with E-state index in [9.17, 15) is 19.5 Å². The van der Waals surface area contributed by atoms with Crippen molar-refractivity contribution in [2.45, 2.75) is 37.8 Å². The van der Waals surface area contributed by atoms with E-state index in [1.807, 2.05) is 49.6 Å². The molecule has 1 heterocycles. The Morgan fingerprint density at radius 2 is 1.74 bits per heavy atom. The van der Waals surface area contributed by atoms with Crippen molar-refractivity contribution in [2.24, 2.45) is 5.92 Å². The summed E-state index contributed by atoms with van der Waals surface area (Å²) in [4.78, 5) is 39.1. The van der Waals surface area contributed by atoms with Gasteiger partial charge in [0.1, 0.15) is 18.7 Å². The van der Waals surface area contributed by atoms with Crippen LogP contribution in [0.1, 0.15) is 36.8 Å². The number of carbonyl (C=O) groups excluding carboxylic acids is 2. The van der Waals surface area contributed by atoms with E-state index >= 15 is 0 Å². The molecular weight excluding hydrogens is 452 g/mol.